The van der Waals surface area contributed by atoms with Crippen LogP contribution in [0.15, 0.2) is 45.3 Å². The quantitative estimate of drug-likeness (QED) is 0.573. The van der Waals surface area contributed by atoms with E-state index < -0.39 is 0 Å². The van der Waals surface area contributed by atoms with Gasteiger partial charge < -0.3 is 4.42 Å². The topological polar surface area (TPSA) is 13.1 Å². The highest BCUT2D eigenvalue weighted by atomic mass is 79.9. The summed E-state index contributed by atoms with van der Waals surface area (Å²) >= 11 is 3.51. The molecule has 3 rings (SSSR count). The van der Waals surface area contributed by atoms with Crippen molar-refractivity contribution in [3.8, 4) is 0 Å². The Kier molecular flexibility index (Phi) is 1.86. The van der Waals surface area contributed by atoms with E-state index in [-0.39, 0.29) is 0 Å². The summed E-state index contributed by atoms with van der Waals surface area (Å²) in [6, 6.07) is 12.3. The van der Waals surface area contributed by atoms with E-state index in [1.54, 1.807) is 0 Å². The molecule has 1 aromatic heterocycles. The molecule has 2 aromatic carbocycles. The summed E-state index contributed by atoms with van der Waals surface area (Å²) in [5, 5.41) is 2.36. The fourth-order valence-electron chi connectivity index (χ4n) is 1.95. The number of hydrogen-bond donors (Lipinski definition) is 0. The van der Waals surface area contributed by atoms with Gasteiger partial charge in [-0.2, -0.15) is 0 Å². The largest absolute Gasteiger partial charge is 0.456 e. The minimum absolute atomic E-state index is 0.953. The maximum Gasteiger partial charge on any atom is 0.138 e. The number of fused-ring (bicyclic) bond motifs is 3. The summed E-state index contributed by atoms with van der Waals surface area (Å²) in [5.74, 6) is 0. The second-order valence-electron chi connectivity index (χ2n) is 3.70. The Labute approximate surface area is 95.8 Å². The molecule has 1 nitrogen and oxygen atoms in total. The fourth-order valence-corrected chi connectivity index (χ4v) is 2.53. The first kappa shape index (κ1) is 8.98. The highest BCUT2D eigenvalue weighted by Gasteiger charge is 2.08. The molecule has 3 aromatic rings. The lowest BCUT2D eigenvalue weighted by molar-refractivity contribution is 0.665. The van der Waals surface area contributed by atoms with Crippen molar-refractivity contribution in [2.24, 2.45) is 0 Å². The molecule has 0 aliphatic rings. The van der Waals surface area contributed by atoms with E-state index in [1.807, 2.05) is 18.2 Å². The fraction of sp³-hybridized carbons (Fsp3) is 0.0769. The Morgan fingerprint density at radius 2 is 1.87 bits per heavy atom. The van der Waals surface area contributed by atoms with Crippen molar-refractivity contribution in [2.45, 2.75) is 6.92 Å². The van der Waals surface area contributed by atoms with E-state index in [0.717, 1.165) is 21.2 Å². The van der Waals surface area contributed by atoms with Gasteiger partial charge in [0.05, 0.1) is 0 Å². The van der Waals surface area contributed by atoms with Crippen LogP contribution in [0.1, 0.15) is 5.56 Å². The van der Waals surface area contributed by atoms with Crippen LogP contribution < -0.4 is 0 Å². The van der Waals surface area contributed by atoms with Crippen molar-refractivity contribution in [1.29, 1.82) is 0 Å². The lowest BCUT2D eigenvalue weighted by Crippen LogP contribution is -1.73. The molecule has 1 heterocycles. The van der Waals surface area contributed by atoms with Crippen molar-refractivity contribution < 1.29 is 4.42 Å². The molecule has 0 atom stereocenters. The van der Waals surface area contributed by atoms with Gasteiger partial charge in [0, 0.05) is 15.2 Å². The first-order valence-corrected chi connectivity index (χ1v) is 5.62. The highest BCUT2D eigenvalue weighted by Crippen LogP contribution is 2.32. The van der Waals surface area contributed by atoms with Gasteiger partial charge in [0.25, 0.3) is 0 Å². The van der Waals surface area contributed by atoms with E-state index in [0.29, 0.717) is 0 Å². The number of rotatable bonds is 0. The van der Waals surface area contributed by atoms with Gasteiger partial charge >= 0.3 is 0 Å². The number of aryl methyl sites for hydroxylation is 1. The van der Waals surface area contributed by atoms with Gasteiger partial charge in [-0.05, 0) is 30.7 Å². The van der Waals surface area contributed by atoms with Crippen LogP contribution in [0.5, 0.6) is 0 Å². The lowest BCUT2D eigenvalue weighted by atomic mass is 10.1. The Balaban J connectivity index is 2.61. The average molecular weight is 261 g/mol. The second-order valence-corrected chi connectivity index (χ2v) is 4.61. The van der Waals surface area contributed by atoms with Crippen LogP contribution in [0, 0.1) is 6.92 Å². The summed E-state index contributed by atoms with van der Waals surface area (Å²) in [4.78, 5) is 0. The molecule has 2 heteroatoms. The van der Waals surface area contributed by atoms with Gasteiger partial charge in [0.1, 0.15) is 11.2 Å². The van der Waals surface area contributed by atoms with Gasteiger partial charge in [0.2, 0.25) is 0 Å². The zero-order chi connectivity index (χ0) is 10.4. The molecule has 0 spiro atoms. The minimum atomic E-state index is 0.953. The predicted octanol–water partition coefficient (Wildman–Crippen LogP) is 4.66. The smallest absolute Gasteiger partial charge is 0.138 e. The predicted molar refractivity (Wildman–Crippen MR) is 66.2 cm³/mol. The lowest BCUT2D eigenvalue weighted by Gasteiger charge is -1.95. The summed E-state index contributed by atoms with van der Waals surface area (Å²) in [7, 11) is 0. The summed E-state index contributed by atoms with van der Waals surface area (Å²) in [6.45, 7) is 2.06. The van der Waals surface area contributed by atoms with Crippen LogP contribution in [-0.4, -0.2) is 0 Å². The molecule has 0 radical (unpaired) electrons. The maximum absolute atomic E-state index is 5.82. The Morgan fingerprint density at radius 1 is 1.07 bits per heavy atom. The Bertz CT molecular complexity index is 652. The molecule has 0 saturated carbocycles. The number of para-hydroxylation sites is 1. The molecule has 74 valence electrons. The molecular weight excluding hydrogens is 252 g/mol. The van der Waals surface area contributed by atoms with Crippen molar-refractivity contribution in [1.82, 2.24) is 0 Å². The summed E-state index contributed by atoms with van der Waals surface area (Å²) in [5.41, 5.74) is 3.10. The summed E-state index contributed by atoms with van der Waals surface area (Å²) < 4.78 is 6.91. The highest BCUT2D eigenvalue weighted by molar-refractivity contribution is 9.10. The minimum Gasteiger partial charge on any atom is -0.456 e. The van der Waals surface area contributed by atoms with Gasteiger partial charge in [-0.25, -0.2) is 0 Å². The second kappa shape index (κ2) is 3.11. The molecular formula is C13H9BrO. The van der Waals surface area contributed by atoms with Crippen molar-refractivity contribution in [2.75, 3.05) is 0 Å². The van der Waals surface area contributed by atoms with Crippen LogP contribution in [0.4, 0.5) is 0 Å². The number of hydrogen-bond acceptors (Lipinski definition) is 1. The zero-order valence-corrected chi connectivity index (χ0v) is 9.84. The molecule has 0 saturated heterocycles. The van der Waals surface area contributed by atoms with Crippen LogP contribution in [0.3, 0.4) is 0 Å². The van der Waals surface area contributed by atoms with Crippen LogP contribution in [-0.2, 0) is 0 Å². The van der Waals surface area contributed by atoms with E-state index >= 15 is 0 Å². The molecule has 15 heavy (non-hydrogen) atoms. The molecule has 0 fully saturated rings. The van der Waals surface area contributed by atoms with Gasteiger partial charge in [0.15, 0.2) is 0 Å². The van der Waals surface area contributed by atoms with E-state index in [4.69, 9.17) is 4.42 Å². The van der Waals surface area contributed by atoms with Gasteiger partial charge in [-0.1, -0.05) is 34.1 Å². The van der Waals surface area contributed by atoms with Crippen LogP contribution in [0.25, 0.3) is 21.9 Å². The molecule has 0 bridgehead atoms. The first-order chi connectivity index (χ1) is 7.25. The van der Waals surface area contributed by atoms with E-state index in [2.05, 4.69) is 41.1 Å². The normalized spacial score (nSPS) is 11.3. The monoisotopic (exact) mass is 260 g/mol. The third kappa shape index (κ3) is 1.29. The number of halogens is 1. The Morgan fingerprint density at radius 3 is 2.73 bits per heavy atom. The third-order valence-electron chi connectivity index (χ3n) is 2.63. The first-order valence-electron chi connectivity index (χ1n) is 4.83. The van der Waals surface area contributed by atoms with E-state index in [9.17, 15) is 0 Å². The van der Waals surface area contributed by atoms with Crippen molar-refractivity contribution in [3.05, 3.63) is 46.4 Å². The maximum atomic E-state index is 5.82. The number of furan rings is 1. The molecule has 0 N–H and O–H groups in total. The summed E-state index contributed by atoms with van der Waals surface area (Å²) in [6.07, 6.45) is 0. The van der Waals surface area contributed by atoms with Crippen molar-refractivity contribution >= 4 is 37.9 Å². The zero-order valence-electron chi connectivity index (χ0n) is 8.25. The van der Waals surface area contributed by atoms with E-state index in [1.165, 1.54) is 10.8 Å². The average Bonchev–Trinajstić information content (AvgIpc) is 2.57. The number of benzene rings is 2. The molecule has 0 amide bonds. The molecule has 0 aliphatic carbocycles. The third-order valence-corrected chi connectivity index (χ3v) is 3.09. The van der Waals surface area contributed by atoms with Gasteiger partial charge in [-0.3, -0.25) is 0 Å². The molecule has 0 unspecified atom stereocenters. The van der Waals surface area contributed by atoms with Gasteiger partial charge in [-0.15, -0.1) is 0 Å². The standard InChI is InChI=1S/C13H9BrO/c1-8-6-9(14)7-11-10-4-2-3-5-12(10)15-13(8)11/h2-7H,1H3. The van der Waals surface area contributed by atoms with Crippen molar-refractivity contribution in [3.63, 3.8) is 0 Å². The van der Waals surface area contributed by atoms with Crippen LogP contribution in [0.2, 0.25) is 0 Å². The van der Waals surface area contributed by atoms with Crippen LogP contribution >= 0.6 is 15.9 Å². The molecule has 0 aliphatic heterocycles. The SMILES string of the molecule is Cc1cc(Br)cc2c1oc1ccccc12. The Hall–Kier alpha value is -1.28.